The number of aromatic hydroxyl groups is 1. The first kappa shape index (κ1) is 23.3. The highest BCUT2D eigenvalue weighted by atomic mass is 35.5. The van der Waals surface area contributed by atoms with Gasteiger partial charge in [0.25, 0.3) is 5.56 Å². The third-order valence-corrected chi connectivity index (χ3v) is 6.74. The molecule has 6 nitrogen and oxygen atoms in total. The minimum atomic E-state index is -0.695. The van der Waals surface area contributed by atoms with Crippen LogP contribution in [0.15, 0.2) is 57.5 Å². The molecule has 3 aromatic rings. The number of phenolic OH excluding ortho intramolecular Hbond substituents is 1. The number of allylic oxidation sites excluding steroid dienone is 1. The van der Waals surface area contributed by atoms with Gasteiger partial charge in [-0.1, -0.05) is 64.4 Å². The van der Waals surface area contributed by atoms with E-state index in [4.69, 9.17) is 27.9 Å². The molecule has 0 unspecified atom stereocenters. The van der Waals surface area contributed by atoms with E-state index >= 15 is 0 Å². The molecule has 1 aliphatic rings. The number of carbonyl (C=O) groups excluding carboxylic acids is 1. The van der Waals surface area contributed by atoms with Gasteiger partial charge < -0.3 is 9.84 Å². The topological polar surface area (TPSA) is 80.9 Å². The molecule has 1 aromatic heterocycles. The van der Waals surface area contributed by atoms with Crippen molar-refractivity contribution in [2.45, 2.75) is 26.8 Å². The molecule has 0 bridgehead atoms. The number of aromatic nitrogens is 1. The molecule has 33 heavy (non-hydrogen) atoms. The lowest BCUT2D eigenvalue weighted by molar-refractivity contribution is -0.139. The van der Waals surface area contributed by atoms with Crippen LogP contribution < -0.4 is 14.9 Å². The number of halogens is 2. The number of aryl methyl sites for hydroxylation is 1. The van der Waals surface area contributed by atoms with Crippen LogP contribution in [0.5, 0.6) is 5.75 Å². The summed E-state index contributed by atoms with van der Waals surface area (Å²) in [7, 11) is 0. The van der Waals surface area contributed by atoms with Gasteiger partial charge in [-0.3, -0.25) is 9.36 Å². The normalized spacial score (nSPS) is 15.9. The number of fused-ring (bicyclic) bond motifs is 1. The number of nitrogens with zero attached hydrogens (tertiary/aromatic N) is 2. The average molecular weight is 503 g/mol. The molecule has 0 saturated carbocycles. The highest BCUT2D eigenvalue weighted by molar-refractivity contribution is 7.07. The van der Waals surface area contributed by atoms with Crippen molar-refractivity contribution in [2.24, 2.45) is 4.99 Å². The van der Waals surface area contributed by atoms with Crippen LogP contribution in [0.2, 0.25) is 10.0 Å². The molecule has 9 heteroatoms. The van der Waals surface area contributed by atoms with Crippen molar-refractivity contribution in [1.82, 2.24) is 4.57 Å². The van der Waals surface area contributed by atoms with E-state index < -0.39 is 12.0 Å². The summed E-state index contributed by atoms with van der Waals surface area (Å²) in [5.41, 5.74) is 2.57. The fourth-order valence-corrected chi connectivity index (χ4v) is 5.24. The summed E-state index contributed by atoms with van der Waals surface area (Å²) < 4.78 is 7.09. The van der Waals surface area contributed by atoms with Crippen molar-refractivity contribution in [3.63, 3.8) is 0 Å². The third kappa shape index (κ3) is 4.36. The number of hydrogen-bond acceptors (Lipinski definition) is 6. The Morgan fingerprint density at radius 1 is 1.24 bits per heavy atom. The number of rotatable bonds is 4. The maximum absolute atomic E-state index is 13.5. The van der Waals surface area contributed by atoms with E-state index in [1.54, 1.807) is 13.8 Å². The summed E-state index contributed by atoms with van der Waals surface area (Å²) in [4.78, 5) is 31.4. The molecular weight excluding hydrogens is 483 g/mol. The van der Waals surface area contributed by atoms with Gasteiger partial charge in [0.2, 0.25) is 0 Å². The van der Waals surface area contributed by atoms with E-state index in [9.17, 15) is 14.7 Å². The summed E-state index contributed by atoms with van der Waals surface area (Å²) in [6.45, 7) is 5.63. The quantitative estimate of drug-likeness (QED) is 0.544. The van der Waals surface area contributed by atoms with E-state index in [0.29, 0.717) is 31.2 Å². The van der Waals surface area contributed by atoms with Crippen molar-refractivity contribution >= 4 is 46.6 Å². The van der Waals surface area contributed by atoms with Crippen molar-refractivity contribution in [1.29, 1.82) is 0 Å². The Balaban J connectivity index is 1.98. The molecule has 0 saturated heterocycles. The number of thiazole rings is 1. The van der Waals surface area contributed by atoms with Gasteiger partial charge in [-0.05, 0) is 44.5 Å². The largest absolute Gasteiger partial charge is 0.506 e. The second kappa shape index (κ2) is 9.17. The van der Waals surface area contributed by atoms with E-state index in [-0.39, 0.29) is 22.9 Å². The first-order chi connectivity index (χ1) is 15.7. The fourth-order valence-electron chi connectivity index (χ4n) is 3.69. The van der Waals surface area contributed by atoms with Gasteiger partial charge in [0.15, 0.2) is 4.80 Å². The number of benzene rings is 2. The molecule has 0 spiro atoms. The minimum Gasteiger partial charge on any atom is -0.506 e. The van der Waals surface area contributed by atoms with Crippen LogP contribution in [0.3, 0.4) is 0 Å². The number of carbonyl (C=O) groups is 1. The van der Waals surface area contributed by atoms with Gasteiger partial charge in [0.05, 0.1) is 33.5 Å². The van der Waals surface area contributed by atoms with Crippen LogP contribution in [0.4, 0.5) is 0 Å². The van der Waals surface area contributed by atoms with Crippen LogP contribution in [0, 0.1) is 6.92 Å². The molecular formula is C24H20Cl2N2O4S. The molecule has 1 N–H and O–H groups in total. The smallest absolute Gasteiger partial charge is 0.338 e. The van der Waals surface area contributed by atoms with E-state index in [0.717, 1.165) is 22.5 Å². The summed E-state index contributed by atoms with van der Waals surface area (Å²) >= 11 is 13.3. The standard InChI is InChI=1S/C24H20Cl2N2O4S/c1-4-32-23(31)19-13(3)27-24-28(20(19)14-7-5-12(2)6-8-14)22(30)18(33-24)10-15-9-16(25)11-17(26)21(15)29/h5-11,20,29H,4H2,1-3H3/b18-10-/t20-/m1/s1. The molecule has 0 fully saturated rings. The van der Waals surface area contributed by atoms with E-state index in [2.05, 4.69) is 4.99 Å². The van der Waals surface area contributed by atoms with Crippen molar-refractivity contribution in [3.05, 3.63) is 94.1 Å². The first-order valence-corrected chi connectivity index (χ1v) is 11.7. The zero-order valence-corrected chi connectivity index (χ0v) is 20.4. The molecule has 170 valence electrons. The predicted octanol–water partition coefficient (Wildman–Crippen LogP) is 4.12. The van der Waals surface area contributed by atoms with Gasteiger partial charge in [0, 0.05) is 10.6 Å². The predicted molar refractivity (Wildman–Crippen MR) is 130 cm³/mol. The fraction of sp³-hybridized carbons (Fsp3) is 0.208. The van der Waals surface area contributed by atoms with Crippen LogP contribution in [-0.2, 0) is 9.53 Å². The Morgan fingerprint density at radius 3 is 2.61 bits per heavy atom. The average Bonchev–Trinajstić information content (AvgIpc) is 3.06. The summed E-state index contributed by atoms with van der Waals surface area (Å²) in [5.74, 6) is -0.691. The van der Waals surface area contributed by atoms with Crippen molar-refractivity contribution in [3.8, 4) is 5.75 Å². The Labute approximate surface area is 203 Å². The van der Waals surface area contributed by atoms with E-state index in [1.165, 1.54) is 22.8 Å². The molecule has 4 rings (SSSR count). The molecule has 2 aromatic carbocycles. The number of esters is 1. The lowest BCUT2D eigenvalue weighted by atomic mass is 9.95. The van der Waals surface area contributed by atoms with Gasteiger partial charge in [-0.25, -0.2) is 9.79 Å². The summed E-state index contributed by atoms with van der Waals surface area (Å²) in [5, 5.41) is 10.7. The highest BCUT2D eigenvalue weighted by Crippen LogP contribution is 2.32. The van der Waals surface area contributed by atoms with Crippen molar-refractivity contribution in [2.75, 3.05) is 6.61 Å². The van der Waals surface area contributed by atoms with Gasteiger partial charge in [-0.2, -0.15) is 0 Å². The Hall–Kier alpha value is -2.87. The second-order valence-electron chi connectivity index (χ2n) is 7.54. The summed E-state index contributed by atoms with van der Waals surface area (Å²) in [6.07, 6.45) is 1.52. The second-order valence-corrected chi connectivity index (χ2v) is 9.39. The van der Waals surface area contributed by atoms with E-state index in [1.807, 2.05) is 31.2 Å². The maximum Gasteiger partial charge on any atom is 0.338 e. The Morgan fingerprint density at radius 2 is 1.94 bits per heavy atom. The van der Waals surface area contributed by atoms with Crippen molar-refractivity contribution < 1.29 is 14.6 Å². The SMILES string of the molecule is CCOC(=O)C1=C(C)N=c2s/c(=C\c3cc(Cl)cc(Cl)c3O)c(=O)n2[C@@H]1c1ccc(C)cc1. The third-order valence-electron chi connectivity index (χ3n) is 5.25. The van der Waals surface area contributed by atoms with Crippen LogP contribution in [0.25, 0.3) is 6.08 Å². The zero-order valence-electron chi connectivity index (χ0n) is 18.1. The lowest BCUT2D eigenvalue weighted by Gasteiger charge is -2.24. The van der Waals surface area contributed by atoms with Crippen LogP contribution in [-0.4, -0.2) is 22.2 Å². The van der Waals surface area contributed by atoms with Crippen LogP contribution >= 0.6 is 34.5 Å². The van der Waals surface area contributed by atoms with Gasteiger partial charge >= 0.3 is 5.97 Å². The Kier molecular flexibility index (Phi) is 6.47. The monoisotopic (exact) mass is 502 g/mol. The molecule has 1 atom stereocenters. The van der Waals surface area contributed by atoms with Crippen LogP contribution in [0.1, 0.15) is 36.6 Å². The number of hydrogen-bond donors (Lipinski definition) is 1. The van der Waals surface area contributed by atoms with Gasteiger partial charge in [0.1, 0.15) is 5.75 Å². The molecule has 1 aliphatic heterocycles. The number of ether oxygens (including phenoxy) is 1. The lowest BCUT2D eigenvalue weighted by Crippen LogP contribution is -2.39. The summed E-state index contributed by atoms with van der Waals surface area (Å²) in [6, 6.07) is 9.87. The minimum absolute atomic E-state index is 0.0829. The molecule has 0 radical (unpaired) electrons. The first-order valence-electron chi connectivity index (χ1n) is 10.2. The zero-order chi connectivity index (χ0) is 23.9. The number of phenols is 1. The maximum atomic E-state index is 13.5. The molecule has 2 heterocycles. The highest BCUT2D eigenvalue weighted by Gasteiger charge is 2.33. The molecule has 0 aliphatic carbocycles. The Bertz CT molecular complexity index is 1470. The molecule has 0 amide bonds. The van der Waals surface area contributed by atoms with Gasteiger partial charge in [-0.15, -0.1) is 0 Å².